The van der Waals surface area contributed by atoms with Gasteiger partial charge in [0.1, 0.15) is 0 Å². The molecule has 0 aromatic carbocycles. The van der Waals surface area contributed by atoms with Crippen molar-refractivity contribution in [2.24, 2.45) is 11.8 Å². The molecule has 0 N–H and O–H groups in total. The summed E-state index contributed by atoms with van der Waals surface area (Å²) >= 11 is 0. The molecule has 4 aliphatic rings. The number of hydrogen-bond acceptors (Lipinski definition) is 0. The Hall–Kier alpha value is -0.520. The lowest BCUT2D eigenvalue weighted by molar-refractivity contribution is 0.633. The monoisotopic (exact) mass is 132 g/mol. The zero-order valence-corrected chi connectivity index (χ0v) is 6.14. The van der Waals surface area contributed by atoms with E-state index < -0.39 is 0 Å². The second-order valence-electron chi connectivity index (χ2n) is 3.93. The lowest BCUT2D eigenvalue weighted by atomic mass is 10.0. The lowest BCUT2D eigenvalue weighted by Gasteiger charge is -2.01. The number of allylic oxidation sites excluding steroid dienone is 4. The molecule has 0 aromatic heterocycles. The Morgan fingerprint density at radius 3 is 1.60 bits per heavy atom. The second-order valence-corrected chi connectivity index (χ2v) is 3.93. The van der Waals surface area contributed by atoms with Crippen molar-refractivity contribution in [1.29, 1.82) is 0 Å². The summed E-state index contributed by atoms with van der Waals surface area (Å²) in [5, 5.41) is 0. The van der Waals surface area contributed by atoms with Crippen LogP contribution in [-0.4, -0.2) is 0 Å². The second kappa shape index (κ2) is 1.55. The molecular formula is C10H12. The van der Waals surface area contributed by atoms with E-state index in [1.807, 2.05) is 11.1 Å². The van der Waals surface area contributed by atoms with Crippen molar-refractivity contribution in [3.05, 3.63) is 23.3 Å². The first-order valence-electron chi connectivity index (χ1n) is 4.30. The molecule has 0 spiro atoms. The summed E-state index contributed by atoms with van der Waals surface area (Å²) in [4.78, 5) is 0. The number of hydrogen-bond donors (Lipinski definition) is 0. The molecule has 0 saturated carbocycles. The van der Waals surface area contributed by atoms with Crippen LogP contribution >= 0.6 is 0 Å². The highest BCUT2D eigenvalue weighted by atomic mass is 14.4. The molecule has 4 bridgehead atoms. The normalized spacial score (nSPS) is 41.6. The van der Waals surface area contributed by atoms with Crippen LogP contribution in [0.2, 0.25) is 0 Å². The molecule has 0 aliphatic heterocycles. The maximum absolute atomic E-state index is 2.46. The summed E-state index contributed by atoms with van der Waals surface area (Å²) in [6, 6.07) is 0. The highest BCUT2D eigenvalue weighted by Gasteiger charge is 2.32. The fourth-order valence-corrected chi connectivity index (χ4v) is 2.74. The van der Waals surface area contributed by atoms with Crippen LogP contribution in [0.25, 0.3) is 0 Å². The molecule has 10 heavy (non-hydrogen) atoms. The van der Waals surface area contributed by atoms with Gasteiger partial charge in [0.05, 0.1) is 0 Å². The molecule has 0 fully saturated rings. The van der Waals surface area contributed by atoms with Crippen LogP contribution in [0.3, 0.4) is 0 Å². The lowest BCUT2D eigenvalue weighted by Crippen LogP contribution is -1.89. The molecule has 0 amide bonds. The van der Waals surface area contributed by atoms with Crippen LogP contribution < -0.4 is 0 Å². The molecule has 4 aliphatic carbocycles. The largest absolute Gasteiger partial charge is 0.0845 e. The Morgan fingerprint density at radius 2 is 1.20 bits per heavy atom. The Bertz CT molecular complexity index is 192. The summed E-state index contributed by atoms with van der Waals surface area (Å²) in [5.41, 5.74) is 3.64. The van der Waals surface area contributed by atoms with Crippen molar-refractivity contribution in [1.82, 2.24) is 0 Å². The smallest absolute Gasteiger partial charge is 0.0159 e. The van der Waals surface area contributed by atoms with Crippen molar-refractivity contribution in [3.8, 4) is 0 Å². The van der Waals surface area contributed by atoms with Crippen molar-refractivity contribution in [2.45, 2.75) is 25.7 Å². The number of rotatable bonds is 0. The van der Waals surface area contributed by atoms with E-state index in [0.717, 1.165) is 11.8 Å². The van der Waals surface area contributed by atoms with Gasteiger partial charge < -0.3 is 0 Å². The quantitative estimate of drug-likeness (QED) is 0.444. The molecule has 0 heteroatoms. The van der Waals surface area contributed by atoms with Crippen molar-refractivity contribution in [3.63, 3.8) is 0 Å². The third kappa shape index (κ3) is 0.524. The van der Waals surface area contributed by atoms with Crippen LogP contribution in [0.15, 0.2) is 23.3 Å². The molecule has 0 heterocycles. The average Bonchev–Trinajstić information content (AvgIpc) is 2.15. The Kier molecular flexibility index (Phi) is 0.803. The van der Waals surface area contributed by atoms with Crippen molar-refractivity contribution < 1.29 is 0 Å². The van der Waals surface area contributed by atoms with E-state index in [4.69, 9.17) is 0 Å². The van der Waals surface area contributed by atoms with Crippen LogP contribution in [-0.2, 0) is 0 Å². The summed E-state index contributed by atoms with van der Waals surface area (Å²) in [6.07, 6.45) is 10.5. The molecule has 0 atom stereocenters. The molecule has 0 unspecified atom stereocenters. The van der Waals surface area contributed by atoms with Gasteiger partial charge in [-0.05, 0) is 37.5 Å². The first-order chi connectivity index (χ1) is 4.92. The van der Waals surface area contributed by atoms with Crippen LogP contribution in [0.4, 0.5) is 0 Å². The van der Waals surface area contributed by atoms with Crippen LogP contribution in [0.1, 0.15) is 25.7 Å². The van der Waals surface area contributed by atoms with E-state index in [-0.39, 0.29) is 0 Å². The van der Waals surface area contributed by atoms with Gasteiger partial charge in [0.15, 0.2) is 0 Å². The first kappa shape index (κ1) is 5.17. The molecular weight excluding hydrogens is 120 g/mol. The summed E-state index contributed by atoms with van der Waals surface area (Å²) in [7, 11) is 0. The van der Waals surface area contributed by atoms with E-state index in [1.54, 1.807) is 0 Å². The van der Waals surface area contributed by atoms with Crippen molar-refractivity contribution >= 4 is 0 Å². The predicted molar refractivity (Wildman–Crippen MR) is 41.6 cm³/mol. The van der Waals surface area contributed by atoms with Gasteiger partial charge in [-0.2, -0.15) is 0 Å². The van der Waals surface area contributed by atoms with Gasteiger partial charge in [0.2, 0.25) is 0 Å². The van der Waals surface area contributed by atoms with Gasteiger partial charge in [-0.1, -0.05) is 23.3 Å². The minimum atomic E-state index is 0.914. The molecule has 0 saturated heterocycles. The van der Waals surface area contributed by atoms with Gasteiger partial charge in [-0.15, -0.1) is 0 Å². The van der Waals surface area contributed by atoms with Gasteiger partial charge in [-0.25, -0.2) is 0 Å². The molecule has 4 rings (SSSR count). The van der Waals surface area contributed by atoms with E-state index in [0.29, 0.717) is 0 Å². The Morgan fingerprint density at radius 1 is 0.800 bits per heavy atom. The highest BCUT2D eigenvalue weighted by Crippen LogP contribution is 2.48. The van der Waals surface area contributed by atoms with E-state index in [1.165, 1.54) is 25.7 Å². The Labute approximate surface area is 61.6 Å². The third-order valence-electron chi connectivity index (χ3n) is 3.19. The summed E-state index contributed by atoms with van der Waals surface area (Å²) in [5.74, 6) is 1.83. The maximum Gasteiger partial charge on any atom is -0.0159 e. The minimum absolute atomic E-state index is 0.914. The van der Waals surface area contributed by atoms with E-state index in [2.05, 4.69) is 12.2 Å². The van der Waals surface area contributed by atoms with Gasteiger partial charge in [0, 0.05) is 0 Å². The molecule has 52 valence electrons. The Balaban J connectivity index is 2.13. The molecule has 0 radical (unpaired) electrons. The predicted octanol–water partition coefficient (Wildman–Crippen LogP) is 2.67. The highest BCUT2D eigenvalue weighted by molar-refractivity contribution is 5.33. The minimum Gasteiger partial charge on any atom is -0.0845 e. The topological polar surface area (TPSA) is 0 Å². The zero-order chi connectivity index (χ0) is 6.55. The summed E-state index contributed by atoms with van der Waals surface area (Å²) in [6.45, 7) is 0. The standard InChI is InChI=1S/C10H12/c1-2-8-5-9-3-7(1)4-10(9)6-8/h1-2,7-8H,3-6H2. The average molecular weight is 132 g/mol. The fourth-order valence-electron chi connectivity index (χ4n) is 2.74. The molecule has 0 nitrogen and oxygen atoms in total. The SMILES string of the molecule is C1=CC2CC3=C(CC1C3)C2. The first-order valence-corrected chi connectivity index (χ1v) is 4.30. The van der Waals surface area contributed by atoms with E-state index in [9.17, 15) is 0 Å². The van der Waals surface area contributed by atoms with Gasteiger partial charge in [0.25, 0.3) is 0 Å². The summed E-state index contributed by atoms with van der Waals surface area (Å²) < 4.78 is 0. The zero-order valence-electron chi connectivity index (χ0n) is 6.14. The van der Waals surface area contributed by atoms with E-state index >= 15 is 0 Å². The molecule has 0 aromatic rings. The fraction of sp³-hybridized carbons (Fsp3) is 0.600. The van der Waals surface area contributed by atoms with Gasteiger partial charge in [-0.3, -0.25) is 0 Å². The van der Waals surface area contributed by atoms with Crippen molar-refractivity contribution in [2.75, 3.05) is 0 Å². The van der Waals surface area contributed by atoms with Gasteiger partial charge >= 0.3 is 0 Å². The van der Waals surface area contributed by atoms with Crippen LogP contribution in [0.5, 0.6) is 0 Å². The maximum atomic E-state index is 2.46. The third-order valence-corrected chi connectivity index (χ3v) is 3.19. The van der Waals surface area contributed by atoms with Crippen LogP contribution in [0, 0.1) is 11.8 Å².